The first-order chi connectivity index (χ1) is 11.9. The molecule has 142 valence electrons. The minimum absolute atomic E-state index is 0.578. The Morgan fingerprint density at radius 3 is 2.40 bits per heavy atom. The molecule has 0 heterocycles. The topological polar surface area (TPSA) is 48.9 Å². The molecule has 0 aliphatic heterocycles. The van der Waals surface area contributed by atoms with Crippen LogP contribution in [0.15, 0.2) is 23.2 Å². The highest BCUT2D eigenvalue weighted by Gasteiger charge is 2.12. The Balaban J connectivity index is 2.40. The first-order valence-corrected chi connectivity index (χ1v) is 9.22. The van der Waals surface area contributed by atoms with Crippen molar-refractivity contribution in [3.05, 3.63) is 29.3 Å². The van der Waals surface area contributed by atoms with Crippen molar-refractivity contribution < 1.29 is 4.74 Å². The highest BCUT2D eigenvalue weighted by Crippen LogP contribution is 2.18. The van der Waals surface area contributed by atoms with E-state index in [1.165, 1.54) is 5.56 Å². The molecule has 0 aliphatic rings. The number of hydrogen-bond acceptors (Lipinski definition) is 3. The highest BCUT2D eigenvalue weighted by atomic mass is 16.5. The summed E-state index contributed by atoms with van der Waals surface area (Å²) in [6.07, 6.45) is 1.09. The number of benzene rings is 1. The summed E-state index contributed by atoms with van der Waals surface area (Å²) in [6, 6.07) is 7.42. The molecule has 0 saturated carbocycles. The lowest BCUT2D eigenvalue weighted by molar-refractivity contribution is 0.173. The van der Waals surface area contributed by atoms with Crippen LogP contribution in [0.3, 0.4) is 0 Å². The fourth-order valence-corrected chi connectivity index (χ4v) is 2.96. The first kappa shape index (κ1) is 21.3. The monoisotopic (exact) mass is 348 g/mol. The van der Waals surface area contributed by atoms with Gasteiger partial charge in [-0.25, -0.2) is 0 Å². The van der Waals surface area contributed by atoms with E-state index in [9.17, 15) is 0 Å². The maximum Gasteiger partial charge on any atom is 0.191 e. The van der Waals surface area contributed by atoms with Crippen molar-refractivity contribution in [3.63, 3.8) is 0 Å². The minimum Gasteiger partial charge on any atom is -0.496 e. The predicted molar refractivity (Wildman–Crippen MR) is 108 cm³/mol. The molecule has 0 amide bonds. The van der Waals surface area contributed by atoms with Crippen LogP contribution in [0.4, 0.5) is 0 Å². The second kappa shape index (κ2) is 11.0. The number of nitrogens with one attached hydrogen (secondary N) is 2. The van der Waals surface area contributed by atoms with Gasteiger partial charge in [0.25, 0.3) is 0 Å². The van der Waals surface area contributed by atoms with Crippen LogP contribution in [-0.2, 0) is 6.54 Å². The minimum atomic E-state index is 0.578. The summed E-state index contributed by atoms with van der Waals surface area (Å²) in [5.74, 6) is 1.75. The second-order valence-corrected chi connectivity index (χ2v) is 6.94. The lowest BCUT2D eigenvalue weighted by Crippen LogP contribution is -2.41. The number of aliphatic imine (C=N–C) groups is 1. The Labute approximate surface area is 153 Å². The molecule has 5 heteroatoms. The Bertz CT molecular complexity index is 532. The van der Waals surface area contributed by atoms with Crippen LogP contribution < -0.4 is 15.4 Å². The zero-order valence-corrected chi connectivity index (χ0v) is 17.0. The van der Waals surface area contributed by atoms with Gasteiger partial charge in [-0.3, -0.25) is 9.89 Å². The van der Waals surface area contributed by atoms with Gasteiger partial charge in [-0.15, -0.1) is 0 Å². The van der Waals surface area contributed by atoms with E-state index in [1.807, 2.05) is 6.92 Å². The van der Waals surface area contributed by atoms with E-state index in [2.05, 4.69) is 66.4 Å². The molecule has 0 aliphatic carbocycles. The quantitative estimate of drug-likeness (QED) is 0.409. The van der Waals surface area contributed by atoms with Gasteiger partial charge < -0.3 is 15.4 Å². The van der Waals surface area contributed by atoms with Crippen LogP contribution >= 0.6 is 0 Å². The van der Waals surface area contributed by atoms with E-state index in [4.69, 9.17) is 4.74 Å². The number of rotatable bonds is 9. The highest BCUT2D eigenvalue weighted by molar-refractivity contribution is 5.79. The van der Waals surface area contributed by atoms with Crippen molar-refractivity contribution in [1.29, 1.82) is 0 Å². The third-order valence-electron chi connectivity index (χ3n) is 4.37. The number of nitrogens with zero attached hydrogens (tertiary/aromatic N) is 2. The van der Waals surface area contributed by atoms with Crippen LogP contribution in [0, 0.1) is 6.92 Å². The van der Waals surface area contributed by atoms with E-state index >= 15 is 0 Å². The predicted octanol–water partition coefficient (Wildman–Crippen LogP) is 3.18. The molecule has 0 bridgehead atoms. The Kier molecular flexibility index (Phi) is 9.35. The molecule has 0 saturated heterocycles. The maximum absolute atomic E-state index is 5.38. The molecular weight excluding hydrogens is 312 g/mol. The lowest BCUT2D eigenvalue weighted by atomic mass is 10.1. The van der Waals surface area contributed by atoms with Gasteiger partial charge in [0.1, 0.15) is 5.75 Å². The number of hydrogen-bond donors (Lipinski definition) is 2. The summed E-state index contributed by atoms with van der Waals surface area (Å²) in [7, 11) is 3.51. The van der Waals surface area contributed by atoms with E-state index in [0.29, 0.717) is 12.1 Å². The van der Waals surface area contributed by atoms with E-state index in [1.54, 1.807) is 14.2 Å². The lowest BCUT2D eigenvalue weighted by Gasteiger charge is -2.30. The molecule has 1 aromatic carbocycles. The van der Waals surface area contributed by atoms with E-state index in [0.717, 1.165) is 43.3 Å². The van der Waals surface area contributed by atoms with Gasteiger partial charge in [0.2, 0.25) is 0 Å². The molecule has 1 aromatic rings. The molecule has 0 unspecified atom stereocenters. The Hall–Kier alpha value is -1.75. The standard InChI is InChI=1S/C20H36N4O/c1-15(2)24(16(3)4)12-8-11-22-20(21-6)23-14-18-10-9-17(5)19(13-18)25-7/h9-10,13,15-16H,8,11-12,14H2,1-7H3,(H2,21,22,23). The fourth-order valence-electron chi connectivity index (χ4n) is 2.96. The average Bonchev–Trinajstić information content (AvgIpc) is 2.57. The van der Waals surface area contributed by atoms with Gasteiger partial charge >= 0.3 is 0 Å². The largest absolute Gasteiger partial charge is 0.496 e. The molecule has 0 atom stereocenters. The third kappa shape index (κ3) is 7.34. The molecule has 1 rings (SSSR count). The molecule has 0 radical (unpaired) electrons. The smallest absolute Gasteiger partial charge is 0.191 e. The van der Waals surface area contributed by atoms with Gasteiger partial charge in [0.15, 0.2) is 5.96 Å². The number of methoxy groups -OCH3 is 1. The van der Waals surface area contributed by atoms with Crippen LogP contribution in [0.25, 0.3) is 0 Å². The molecule has 0 fully saturated rings. The molecule has 2 N–H and O–H groups in total. The zero-order valence-electron chi connectivity index (χ0n) is 17.0. The summed E-state index contributed by atoms with van der Waals surface area (Å²) >= 11 is 0. The van der Waals surface area contributed by atoms with Crippen LogP contribution in [0.1, 0.15) is 45.2 Å². The van der Waals surface area contributed by atoms with Gasteiger partial charge in [-0.05, 0) is 58.2 Å². The molecule has 25 heavy (non-hydrogen) atoms. The van der Waals surface area contributed by atoms with Gasteiger partial charge in [0.05, 0.1) is 7.11 Å². The number of ether oxygens (including phenoxy) is 1. The molecule has 0 spiro atoms. The molecule has 0 aromatic heterocycles. The molecule has 5 nitrogen and oxygen atoms in total. The summed E-state index contributed by atoms with van der Waals surface area (Å²) < 4.78 is 5.38. The fraction of sp³-hybridized carbons (Fsp3) is 0.650. The Morgan fingerprint density at radius 2 is 1.84 bits per heavy atom. The van der Waals surface area contributed by atoms with Crippen LogP contribution in [-0.4, -0.2) is 50.2 Å². The summed E-state index contributed by atoms with van der Waals surface area (Å²) in [4.78, 5) is 6.81. The van der Waals surface area contributed by atoms with Gasteiger partial charge in [-0.1, -0.05) is 12.1 Å². The van der Waals surface area contributed by atoms with Crippen molar-refractivity contribution in [2.24, 2.45) is 4.99 Å². The number of aryl methyl sites for hydroxylation is 1. The zero-order chi connectivity index (χ0) is 18.8. The maximum atomic E-state index is 5.38. The Morgan fingerprint density at radius 1 is 1.16 bits per heavy atom. The van der Waals surface area contributed by atoms with Crippen LogP contribution in [0.5, 0.6) is 5.75 Å². The molecular formula is C20H36N4O. The summed E-state index contributed by atoms with van der Waals surface area (Å²) in [6.45, 7) is 13.8. The van der Waals surface area contributed by atoms with Crippen LogP contribution in [0.2, 0.25) is 0 Å². The van der Waals surface area contributed by atoms with E-state index in [-0.39, 0.29) is 0 Å². The normalized spacial score (nSPS) is 12.2. The summed E-state index contributed by atoms with van der Waals surface area (Å²) in [5, 5.41) is 6.75. The van der Waals surface area contributed by atoms with Crippen molar-refractivity contribution >= 4 is 5.96 Å². The number of guanidine groups is 1. The first-order valence-electron chi connectivity index (χ1n) is 9.22. The third-order valence-corrected chi connectivity index (χ3v) is 4.37. The van der Waals surface area contributed by atoms with Crippen molar-refractivity contribution in [2.45, 2.75) is 59.7 Å². The van der Waals surface area contributed by atoms with Gasteiger partial charge in [0, 0.05) is 38.8 Å². The van der Waals surface area contributed by atoms with Crippen molar-refractivity contribution in [3.8, 4) is 5.75 Å². The average molecular weight is 349 g/mol. The van der Waals surface area contributed by atoms with Gasteiger partial charge in [-0.2, -0.15) is 0 Å². The summed E-state index contributed by atoms with van der Waals surface area (Å²) in [5.41, 5.74) is 2.32. The van der Waals surface area contributed by atoms with Crippen molar-refractivity contribution in [1.82, 2.24) is 15.5 Å². The van der Waals surface area contributed by atoms with E-state index < -0.39 is 0 Å². The second-order valence-electron chi connectivity index (χ2n) is 6.94. The SMILES string of the molecule is CN=C(NCCCN(C(C)C)C(C)C)NCc1ccc(C)c(OC)c1. The van der Waals surface area contributed by atoms with Crippen molar-refractivity contribution in [2.75, 3.05) is 27.2 Å².